The Hall–Kier alpha value is -0.160. The lowest BCUT2D eigenvalue weighted by atomic mass is 10.4. The molecule has 0 aromatic heterocycles. The number of hydroxylamine groups is 1. The lowest BCUT2D eigenvalue weighted by Gasteiger charge is -2.04. The summed E-state index contributed by atoms with van der Waals surface area (Å²) < 4.78 is 0. The van der Waals surface area contributed by atoms with Crippen LogP contribution in [0.3, 0.4) is 0 Å². The second kappa shape index (κ2) is 10.8. The first-order valence-electron chi connectivity index (χ1n) is 4.53. The molecule has 0 unspecified atom stereocenters. The van der Waals surface area contributed by atoms with Crippen LogP contribution in [-0.4, -0.2) is 40.3 Å². The van der Waals surface area contributed by atoms with E-state index in [0.717, 1.165) is 32.6 Å². The minimum Gasteiger partial charge on any atom is -0.320 e. The highest BCUT2D eigenvalue weighted by Crippen LogP contribution is 1.75. The van der Waals surface area contributed by atoms with Gasteiger partial charge in [-0.15, -0.1) is 0 Å². The molecule has 0 aliphatic rings. The summed E-state index contributed by atoms with van der Waals surface area (Å²) in [6.07, 6.45) is 2.29. The smallest absolute Gasteiger partial charge is 0.0572 e. The van der Waals surface area contributed by atoms with Gasteiger partial charge in [-0.25, -0.2) is 5.48 Å². The first-order chi connectivity index (χ1) is 5.91. The zero-order chi connectivity index (χ0) is 9.07. The molecule has 0 atom stereocenters. The summed E-state index contributed by atoms with van der Waals surface area (Å²) in [5, 5.41) is 6.45. The SMILES string of the molecule is CNCCCNCCCNOC. The Morgan fingerprint density at radius 2 is 1.67 bits per heavy atom. The topological polar surface area (TPSA) is 45.3 Å². The Labute approximate surface area is 75.0 Å². The third kappa shape index (κ3) is 9.84. The zero-order valence-corrected chi connectivity index (χ0v) is 8.15. The van der Waals surface area contributed by atoms with Gasteiger partial charge in [-0.3, -0.25) is 0 Å². The first-order valence-corrected chi connectivity index (χ1v) is 4.53. The number of rotatable bonds is 9. The average molecular weight is 175 g/mol. The van der Waals surface area contributed by atoms with Gasteiger partial charge in [-0.2, -0.15) is 0 Å². The Balaban J connectivity index is 2.73. The van der Waals surface area contributed by atoms with Crippen LogP contribution in [0, 0.1) is 0 Å². The number of nitrogens with one attached hydrogen (secondary N) is 3. The molecule has 0 aromatic rings. The molecular weight excluding hydrogens is 154 g/mol. The van der Waals surface area contributed by atoms with Crippen molar-refractivity contribution < 1.29 is 4.84 Å². The van der Waals surface area contributed by atoms with Crippen LogP contribution in [0.15, 0.2) is 0 Å². The molecule has 0 aliphatic heterocycles. The van der Waals surface area contributed by atoms with Gasteiger partial charge in [0.05, 0.1) is 7.11 Å². The fraction of sp³-hybridized carbons (Fsp3) is 1.00. The third-order valence-electron chi connectivity index (χ3n) is 1.56. The Morgan fingerprint density at radius 3 is 2.25 bits per heavy atom. The van der Waals surface area contributed by atoms with E-state index in [-0.39, 0.29) is 0 Å². The van der Waals surface area contributed by atoms with Gasteiger partial charge in [-0.05, 0) is 39.5 Å². The highest BCUT2D eigenvalue weighted by atomic mass is 16.6. The van der Waals surface area contributed by atoms with Crippen molar-refractivity contribution in [1.82, 2.24) is 16.1 Å². The molecule has 74 valence electrons. The van der Waals surface area contributed by atoms with E-state index in [2.05, 4.69) is 16.1 Å². The molecule has 0 rings (SSSR count). The van der Waals surface area contributed by atoms with E-state index in [1.165, 1.54) is 6.42 Å². The van der Waals surface area contributed by atoms with Crippen LogP contribution in [0.1, 0.15) is 12.8 Å². The van der Waals surface area contributed by atoms with Crippen LogP contribution in [0.4, 0.5) is 0 Å². The molecule has 0 spiro atoms. The summed E-state index contributed by atoms with van der Waals surface area (Å²) in [7, 11) is 3.61. The summed E-state index contributed by atoms with van der Waals surface area (Å²) in [4.78, 5) is 4.70. The minimum absolute atomic E-state index is 0.912. The molecule has 12 heavy (non-hydrogen) atoms. The van der Waals surface area contributed by atoms with E-state index < -0.39 is 0 Å². The van der Waals surface area contributed by atoms with Crippen molar-refractivity contribution in [3.63, 3.8) is 0 Å². The molecule has 0 heterocycles. The molecule has 4 heteroatoms. The van der Waals surface area contributed by atoms with Gasteiger partial charge in [0.1, 0.15) is 0 Å². The standard InChI is InChI=1S/C8H21N3O/c1-9-5-3-6-10-7-4-8-11-12-2/h9-11H,3-8H2,1-2H3. The maximum Gasteiger partial charge on any atom is 0.0572 e. The van der Waals surface area contributed by atoms with Crippen LogP contribution >= 0.6 is 0 Å². The van der Waals surface area contributed by atoms with Crippen LogP contribution in [0.25, 0.3) is 0 Å². The molecule has 0 saturated heterocycles. The second-order valence-electron chi connectivity index (χ2n) is 2.66. The fourth-order valence-electron chi connectivity index (χ4n) is 0.903. The molecule has 0 fully saturated rings. The number of hydrogen-bond acceptors (Lipinski definition) is 4. The van der Waals surface area contributed by atoms with Crippen molar-refractivity contribution >= 4 is 0 Å². The van der Waals surface area contributed by atoms with Gasteiger partial charge in [0.2, 0.25) is 0 Å². The predicted octanol–water partition coefficient (Wildman–Crippen LogP) is -0.273. The Bertz CT molecular complexity index is 70.7. The lowest BCUT2D eigenvalue weighted by molar-refractivity contribution is 0.0910. The molecule has 4 nitrogen and oxygen atoms in total. The van der Waals surface area contributed by atoms with Crippen molar-refractivity contribution in [1.29, 1.82) is 0 Å². The van der Waals surface area contributed by atoms with E-state index in [0.29, 0.717) is 0 Å². The van der Waals surface area contributed by atoms with Gasteiger partial charge in [0, 0.05) is 6.54 Å². The average Bonchev–Trinajstić information content (AvgIpc) is 2.10. The summed E-state index contributed by atoms with van der Waals surface area (Å²) in [5.74, 6) is 0. The molecule has 0 amide bonds. The van der Waals surface area contributed by atoms with Crippen LogP contribution in [0.2, 0.25) is 0 Å². The van der Waals surface area contributed by atoms with Gasteiger partial charge < -0.3 is 15.5 Å². The minimum atomic E-state index is 0.912. The van der Waals surface area contributed by atoms with Gasteiger partial charge in [0.15, 0.2) is 0 Å². The quantitative estimate of drug-likeness (QED) is 0.333. The Morgan fingerprint density at radius 1 is 1.00 bits per heavy atom. The molecule has 0 aliphatic carbocycles. The molecule has 0 saturated carbocycles. The maximum atomic E-state index is 4.70. The molecule has 0 aromatic carbocycles. The molecule has 0 radical (unpaired) electrons. The largest absolute Gasteiger partial charge is 0.320 e. The van der Waals surface area contributed by atoms with Crippen molar-refractivity contribution in [3.05, 3.63) is 0 Å². The monoisotopic (exact) mass is 175 g/mol. The number of hydrogen-bond donors (Lipinski definition) is 3. The summed E-state index contributed by atoms with van der Waals surface area (Å²) in [6, 6.07) is 0. The van der Waals surface area contributed by atoms with Crippen LogP contribution in [-0.2, 0) is 4.84 Å². The van der Waals surface area contributed by atoms with Crippen LogP contribution in [0.5, 0.6) is 0 Å². The molecule has 0 bridgehead atoms. The van der Waals surface area contributed by atoms with E-state index in [9.17, 15) is 0 Å². The normalized spacial score (nSPS) is 10.5. The first kappa shape index (κ1) is 11.8. The van der Waals surface area contributed by atoms with E-state index in [1.54, 1.807) is 7.11 Å². The predicted molar refractivity (Wildman–Crippen MR) is 51.0 cm³/mol. The highest BCUT2D eigenvalue weighted by Gasteiger charge is 1.87. The second-order valence-corrected chi connectivity index (χ2v) is 2.66. The molecular formula is C8H21N3O. The van der Waals surface area contributed by atoms with Crippen molar-refractivity contribution in [2.75, 3.05) is 40.3 Å². The Kier molecular flexibility index (Phi) is 10.7. The van der Waals surface area contributed by atoms with E-state index >= 15 is 0 Å². The molecule has 3 N–H and O–H groups in total. The van der Waals surface area contributed by atoms with Crippen molar-refractivity contribution in [2.24, 2.45) is 0 Å². The van der Waals surface area contributed by atoms with E-state index in [4.69, 9.17) is 4.84 Å². The van der Waals surface area contributed by atoms with Gasteiger partial charge >= 0.3 is 0 Å². The maximum absolute atomic E-state index is 4.70. The van der Waals surface area contributed by atoms with Gasteiger partial charge in [-0.1, -0.05) is 0 Å². The summed E-state index contributed by atoms with van der Waals surface area (Å²) in [5.41, 5.74) is 2.80. The van der Waals surface area contributed by atoms with Gasteiger partial charge in [0.25, 0.3) is 0 Å². The fourth-order valence-corrected chi connectivity index (χ4v) is 0.903. The van der Waals surface area contributed by atoms with Crippen LogP contribution < -0.4 is 16.1 Å². The highest BCUT2D eigenvalue weighted by molar-refractivity contribution is 4.50. The third-order valence-corrected chi connectivity index (χ3v) is 1.56. The lowest BCUT2D eigenvalue weighted by Crippen LogP contribution is -2.24. The van der Waals surface area contributed by atoms with Crippen molar-refractivity contribution in [3.8, 4) is 0 Å². The van der Waals surface area contributed by atoms with E-state index in [1.807, 2.05) is 7.05 Å². The summed E-state index contributed by atoms with van der Waals surface area (Å²) >= 11 is 0. The summed E-state index contributed by atoms with van der Waals surface area (Å²) in [6.45, 7) is 4.15. The zero-order valence-electron chi connectivity index (χ0n) is 8.15. The van der Waals surface area contributed by atoms with Crippen molar-refractivity contribution in [2.45, 2.75) is 12.8 Å².